The lowest BCUT2D eigenvalue weighted by Gasteiger charge is -2.23. The van der Waals surface area contributed by atoms with Gasteiger partial charge in [0, 0.05) is 31.7 Å². The summed E-state index contributed by atoms with van der Waals surface area (Å²) in [6, 6.07) is 10.5. The molecule has 1 saturated heterocycles. The summed E-state index contributed by atoms with van der Waals surface area (Å²) < 4.78 is 13.3. The van der Waals surface area contributed by atoms with Gasteiger partial charge in [0.15, 0.2) is 5.69 Å². The van der Waals surface area contributed by atoms with E-state index in [1.807, 2.05) is 4.90 Å². The van der Waals surface area contributed by atoms with Crippen LogP contribution in [0.15, 0.2) is 42.5 Å². The highest BCUT2D eigenvalue weighted by Gasteiger charge is 2.21. The van der Waals surface area contributed by atoms with Gasteiger partial charge in [-0.05, 0) is 36.8 Å². The van der Waals surface area contributed by atoms with E-state index < -0.39 is 11.8 Å². The second-order valence-electron chi connectivity index (χ2n) is 5.83. The fourth-order valence-electron chi connectivity index (χ4n) is 2.87. The van der Waals surface area contributed by atoms with Gasteiger partial charge in [-0.1, -0.05) is 12.1 Å². The molecule has 1 N–H and O–H groups in total. The molecule has 0 unspecified atom stereocenters. The van der Waals surface area contributed by atoms with Crippen molar-refractivity contribution >= 4 is 17.7 Å². The summed E-state index contributed by atoms with van der Waals surface area (Å²) in [4.78, 5) is 31.4. The van der Waals surface area contributed by atoms with Crippen LogP contribution in [-0.2, 0) is 0 Å². The van der Waals surface area contributed by atoms with E-state index in [-0.39, 0.29) is 11.6 Å². The Morgan fingerprint density at radius 2 is 1.84 bits per heavy atom. The van der Waals surface area contributed by atoms with Gasteiger partial charge in [0.2, 0.25) is 0 Å². The van der Waals surface area contributed by atoms with E-state index in [0.29, 0.717) is 37.6 Å². The largest absolute Gasteiger partial charge is 0.477 e. The van der Waals surface area contributed by atoms with Gasteiger partial charge < -0.3 is 14.9 Å². The maximum atomic E-state index is 13.3. The van der Waals surface area contributed by atoms with Crippen LogP contribution in [0.4, 0.5) is 10.2 Å². The second kappa shape index (κ2) is 7.29. The number of hydrogen-bond acceptors (Lipinski definition) is 4. The van der Waals surface area contributed by atoms with Gasteiger partial charge in [-0.15, -0.1) is 0 Å². The number of hydrogen-bond donors (Lipinski definition) is 1. The van der Waals surface area contributed by atoms with Crippen molar-refractivity contribution in [2.45, 2.75) is 6.42 Å². The predicted octanol–water partition coefficient (Wildman–Crippen LogP) is 2.27. The Morgan fingerprint density at radius 3 is 2.60 bits per heavy atom. The van der Waals surface area contributed by atoms with Crippen LogP contribution in [0.1, 0.15) is 27.3 Å². The molecule has 0 saturated carbocycles. The highest BCUT2D eigenvalue weighted by atomic mass is 19.1. The number of carbonyl (C=O) groups is 2. The molecule has 0 aliphatic carbocycles. The van der Waals surface area contributed by atoms with Gasteiger partial charge in [0.05, 0.1) is 0 Å². The number of rotatable bonds is 3. The van der Waals surface area contributed by atoms with Crippen LogP contribution in [0.2, 0.25) is 0 Å². The number of benzene rings is 1. The van der Waals surface area contributed by atoms with Gasteiger partial charge in [-0.3, -0.25) is 4.79 Å². The number of carboxylic acid groups (broad SMARTS) is 1. The van der Waals surface area contributed by atoms with Crippen molar-refractivity contribution in [1.29, 1.82) is 0 Å². The molecule has 0 radical (unpaired) electrons. The SMILES string of the molecule is O=C(O)c1cccc(N2CCCN(C(=O)c3cccc(F)c3)CC2)n1. The van der Waals surface area contributed by atoms with Crippen LogP contribution in [0.5, 0.6) is 0 Å². The molecule has 3 rings (SSSR count). The third-order valence-corrected chi connectivity index (χ3v) is 4.13. The fraction of sp³-hybridized carbons (Fsp3) is 0.278. The van der Waals surface area contributed by atoms with Crippen LogP contribution < -0.4 is 4.90 Å². The van der Waals surface area contributed by atoms with Crippen molar-refractivity contribution < 1.29 is 19.1 Å². The van der Waals surface area contributed by atoms with Crippen molar-refractivity contribution in [1.82, 2.24) is 9.88 Å². The quantitative estimate of drug-likeness (QED) is 0.925. The van der Waals surface area contributed by atoms with Gasteiger partial charge in [-0.25, -0.2) is 14.2 Å². The molecule has 25 heavy (non-hydrogen) atoms. The van der Waals surface area contributed by atoms with Crippen molar-refractivity contribution in [2.24, 2.45) is 0 Å². The van der Waals surface area contributed by atoms with E-state index in [1.54, 1.807) is 23.1 Å². The summed E-state index contributed by atoms with van der Waals surface area (Å²) in [5, 5.41) is 9.06. The Morgan fingerprint density at radius 1 is 1.04 bits per heavy atom. The van der Waals surface area contributed by atoms with Crippen LogP contribution >= 0.6 is 0 Å². The Labute approximate surface area is 144 Å². The summed E-state index contributed by atoms with van der Waals surface area (Å²) in [7, 11) is 0. The summed E-state index contributed by atoms with van der Waals surface area (Å²) in [5.41, 5.74) is 0.328. The standard InChI is InChI=1S/C18H18FN3O3/c19-14-5-1-4-13(12-14)17(23)22-9-3-8-21(10-11-22)16-7-2-6-15(20-16)18(24)25/h1-2,4-7,12H,3,8-11H2,(H,24,25). The first-order valence-corrected chi connectivity index (χ1v) is 8.05. The summed E-state index contributed by atoms with van der Waals surface area (Å²) in [5.74, 6) is -1.12. The minimum Gasteiger partial charge on any atom is -0.477 e. The average Bonchev–Trinajstić information content (AvgIpc) is 2.87. The number of halogens is 1. The highest BCUT2D eigenvalue weighted by molar-refractivity contribution is 5.94. The topological polar surface area (TPSA) is 73.7 Å². The third-order valence-electron chi connectivity index (χ3n) is 4.13. The number of pyridine rings is 1. The number of carbonyl (C=O) groups excluding carboxylic acids is 1. The molecule has 0 bridgehead atoms. The van der Waals surface area contributed by atoms with Crippen molar-refractivity contribution in [2.75, 3.05) is 31.1 Å². The molecule has 1 aromatic carbocycles. The zero-order valence-corrected chi connectivity index (χ0v) is 13.6. The third kappa shape index (κ3) is 3.93. The molecule has 1 amide bonds. The van der Waals surface area contributed by atoms with E-state index >= 15 is 0 Å². The fourth-order valence-corrected chi connectivity index (χ4v) is 2.87. The van der Waals surface area contributed by atoms with Crippen molar-refractivity contribution in [3.63, 3.8) is 0 Å². The molecule has 0 atom stereocenters. The highest BCUT2D eigenvalue weighted by Crippen LogP contribution is 2.16. The van der Waals surface area contributed by atoms with Crippen molar-refractivity contribution in [3.05, 3.63) is 59.5 Å². The van der Waals surface area contributed by atoms with Crippen LogP contribution in [0, 0.1) is 5.82 Å². The van der Waals surface area contributed by atoms with Gasteiger partial charge >= 0.3 is 5.97 Å². The smallest absolute Gasteiger partial charge is 0.354 e. The van der Waals surface area contributed by atoms with E-state index in [4.69, 9.17) is 5.11 Å². The average molecular weight is 343 g/mol. The van der Waals surface area contributed by atoms with E-state index in [9.17, 15) is 14.0 Å². The molecule has 1 fully saturated rings. The van der Waals surface area contributed by atoms with E-state index in [1.165, 1.54) is 24.3 Å². The minimum atomic E-state index is -1.07. The molecular weight excluding hydrogens is 325 g/mol. The number of aromatic carboxylic acids is 1. The zero-order chi connectivity index (χ0) is 17.8. The molecule has 2 heterocycles. The lowest BCUT2D eigenvalue weighted by atomic mass is 10.2. The van der Waals surface area contributed by atoms with Crippen LogP contribution in [0.25, 0.3) is 0 Å². The normalized spacial score (nSPS) is 14.9. The number of amides is 1. The molecule has 1 aliphatic rings. The monoisotopic (exact) mass is 343 g/mol. The van der Waals surface area contributed by atoms with Crippen LogP contribution in [-0.4, -0.2) is 53.0 Å². The minimum absolute atomic E-state index is 0.00515. The first-order chi connectivity index (χ1) is 12.0. The summed E-state index contributed by atoms with van der Waals surface area (Å²) in [6.07, 6.45) is 0.722. The molecule has 0 spiro atoms. The summed E-state index contributed by atoms with van der Waals surface area (Å²) >= 11 is 0. The first kappa shape index (κ1) is 16.9. The van der Waals surface area contributed by atoms with Gasteiger partial charge in [-0.2, -0.15) is 0 Å². The maximum absolute atomic E-state index is 13.3. The first-order valence-electron chi connectivity index (χ1n) is 8.05. The molecule has 7 heteroatoms. The number of aromatic nitrogens is 1. The van der Waals surface area contributed by atoms with Gasteiger partial charge in [0.1, 0.15) is 11.6 Å². The number of anilines is 1. The molecule has 2 aromatic rings. The number of nitrogens with zero attached hydrogens (tertiary/aromatic N) is 3. The van der Waals surface area contributed by atoms with Gasteiger partial charge in [0.25, 0.3) is 5.91 Å². The lowest BCUT2D eigenvalue weighted by Crippen LogP contribution is -2.35. The lowest BCUT2D eigenvalue weighted by molar-refractivity contribution is 0.0689. The molecular formula is C18H18FN3O3. The Kier molecular flexibility index (Phi) is 4.92. The predicted molar refractivity (Wildman–Crippen MR) is 90.3 cm³/mol. The second-order valence-corrected chi connectivity index (χ2v) is 5.83. The zero-order valence-electron chi connectivity index (χ0n) is 13.6. The Balaban J connectivity index is 1.71. The maximum Gasteiger partial charge on any atom is 0.354 e. The van der Waals surface area contributed by atoms with Crippen molar-refractivity contribution in [3.8, 4) is 0 Å². The molecule has 6 nitrogen and oxygen atoms in total. The Hall–Kier alpha value is -2.96. The Bertz CT molecular complexity index is 797. The van der Waals surface area contributed by atoms with E-state index in [2.05, 4.69) is 4.98 Å². The molecule has 1 aliphatic heterocycles. The molecule has 130 valence electrons. The number of carboxylic acids is 1. The molecule has 1 aromatic heterocycles. The summed E-state index contributed by atoms with van der Waals surface area (Å²) in [6.45, 7) is 2.24. The van der Waals surface area contributed by atoms with Crippen LogP contribution in [0.3, 0.4) is 0 Å². The van der Waals surface area contributed by atoms with E-state index in [0.717, 1.165) is 6.42 Å².